The van der Waals surface area contributed by atoms with Crippen LogP contribution in [0, 0.1) is 6.92 Å². The zero-order valence-corrected chi connectivity index (χ0v) is 20.8. The molecule has 0 N–H and O–H groups in total. The first-order valence-corrected chi connectivity index (χ1v) is 12.3. The van der Waals surface area contributed by atoms with Crippen LogP contribution in [0.5, 0.6) is 0 Å². The Morgan fingerprint density at radius 1 is 1.06 bits per heavy atom. The Balaban J connectivity index is 1.33. The smallest absolute Gasteiger partial charge is 0.435 e. The summed E-state index contributed by atoms with van der Waals surface area (Å²) in [5.41, 5.74) is 5.12. The Kier molecular flexibility index (Phi) is 5.95. The van der Waals surface area contributed by atoms with E-state index in [1.807, 2.05) is 64.1 Å². The highest BCUT2D eigenvalue weighted by atomic mass is 16.6. The summed E-state index contributed by atoms with van der Waals surface area (Å²) in [7, 11) is 0. The molecule has 7 heteroatoms. The highest BCUT2D eigenvalue weighted by Crippen LogP contribution is 2.35. The molecule has 182 valence electrons. The zero-order chi connectivity index (χ0) is 24.7. The highest BCUT2D eigenvalue weighted by molar-refractivity contribution is 5.95. The molecule has 7 nitrogen and oxygen atoms in total. The topological polar surface area (TPSA) is 77.3 Å². The third kappa shape index (κ3) is 4.99. The molecule has 5 rings (SSSR count). The van der Waals surface area contributed by atoms with Gasteiger partial charge in [0.05, 0.1) is 11.4 Å². The molecule has 0 bridgehead atoms. The van der Waals surface area contributed by atoms with Crippen molar-refractivity contribution in [1.82, 2.24) is 19.7 Å². The molecular weight excluding hydrogens is 440 g/mol. The fraction of sp³-hybridized carbons (Fsp3) is 0.429. The van der Waals surface area contributed by atoms with Gasteiger partial charge in [-0.2, -0.15) is 9.78 Å². The summed E-state index contributed by atoms with van der Waals surface area (Å²) in [6, 6.07) is 12.1. The van der Waals surface area contributed by atoms with Crippen LogP contribution < -0.4 is 0 Å². The van der Waals surface area contributed by atoms with Crippen LogP contribution in [0.1, 0.15) is 67.2 Å². The van der Waals surface area contributed by atoms with E-state index in [0.29, 0.717) is 12.0 Å². The lowest BCUT2D eigenvalue weighted by atomic mass is 9.91. The first-order valence-electron chi connectivity index (χ1n) is 12.3. The monoisotopic (exact) mass is 472 g/mol. The first-order chi connectivity index (χ1) is 16.7. The minimum absolute atomic E-state index is 0.0739. The number of pyridine rings is 1. The van der Waals surface area contributed by atoms with E-state index in [9.17, 15) is 9.59 Å². The number of carbonyl (C=O) groups excluding carboxylic acids is 2. The molecule has 1 aromatic carbocycles. The molecule has 0 aliphatic heterocycles. The summed E-state index contributed by atoms with van der Waals surface area (Å²) in [5, 5.41) is 4.47. The van der Waals surface area contributed by atoms with E-state index in [0.717, 1.165) is 53.8 Å². The van der Waals surface area contributed by atoms with E-state index < -0.39 is 11.7 Å². The number of aryl methyl sites for hydroxylation is 2. The third-order valence-electron chi connectivity index (χ3n) is 6.61. The maximum Gasteiger partial charge on any atom is 0.435 e. The number of aromatic nitrogens is 3. The Labute approximate surface area is 206 Å². The van der Waals surface area contributed by atoms with Gasteiger partial charge in [0.2, 0.25) is 0 Å². The van der Waals surface area contributed by atoms with Gasteiger partial charge < -0.3 is 9.64 Å². The average molecular weight is 473 g/mol. The number of carbonyl (C=O) groups is 2. The van der Waals surface area contributed by atoms with E-state index >= 15 is 0 Å². The van der Waals surface area contributed by atoms with E-state index in [1.54, 1.807) is 12.4 Å². The van der Waals surface area contributed by atoms with Crippen molar-refractivity contribution in [3.63, 3.8) is 0 Å². The number of hydrogen-bond acceptors (Lipinski definition) is 5. The number of hydrogen-bond donors (Lipinski definition) is 0. The Hall–Kier alpha value is -3.48. The molecule has 0 radical (unpaired) electrons. The second-order valence-corrected chi connectivity index (χ2v) is 10.6. The van der Waals surface area contributed by atoms with Crippen LogP contribution in [0.15, 0.2) is 48.8 Å². The first kappa shape index (κ1) is 23.3. The number of amides is 1. The highest BCUT2D eigenvalue weighted by Gasteiger charge is 2.39. The standard InChI is InChI=1S/C28H32N4O3/c1-18-6-5-15-29-25(18)19-7-9-20(10-8-19)26(33)32(22-11-12-22)23-13-14-24-21(16-23)17-31(30-24)27(34)35-28(2,3)4/h5-10,15,17,22-23H,11-14,16H2,1-4H3. The SMILES string of the molecule is Cc1cccnc1-c1ccc(C(=O)N(C2CC2)C2CCc3nn(C(=O)OC(C)(C)C)cc3C2)cc1. The molecule has 3 aromatic rings. The van der Waals surface area contributed by atoms with E-state index in [1.165, 1.54) is 4.68 Å². The van der Waals surface area contributed by atoms with E-state index in [-0.39, 0.29) is 18.0 Å². The van der Waals surface area contributed by atoms with E-state index in [4.69, 9.17) is 4.74 Å². The Morgan fingerprint density at radius 3 is 2.46 bits per heavy atom. The van der Waals surface area contributed by atoms with Crippen molar-refractivity contribution in [3.05, 3.63) is 71.2 Å². The second-order valence-electron chi connectivity index (χ2n) is 10.6. The Bertz CT molecular complexity index is 1250. The van der Waals surface area contributed by atoms with Gasteiger partial charge in [-0.1, -0.05) is 18.2 Å². The second kappa shape index (κ2) is 8.95. The predicted molar refractivity (Wildman–Crippen MR) is 133 cm³/mol. The lowest BCUT2D eigenvalue weighted by Crippen LogP contribution is -2.44. The minimum Gasteiger partial charge on any atom is -0.442 e. The molecule has 0 saturated heterocycles. The molecule has 2 aromatic heterocycles. The number of ether oxygens (including phenoxy) is 1. The number of fused-ring (bicyclic) bond motifs is 1. The van der Waals surface area contributed by atoms with Crippen molar-refractivity contribution in [2.24, 2.45) is 0 Å². The third-order valence-corrected chi connectivity index (χ3v) is 6.61. The van der Waals surface area contributed by atoms with Gasteiger partial charge in [0, 0.05) is 35.6 Å². The number of benzene rings is 1. The summed E-state index contributed by atoms with van der Waals surface area (Å²) in [5.74, 6) is 0.0739. The van der Waals surface area contributed by atoms with E-state index in [2.05, 4.69) is 15.0 Å². The van der Waals surface area contributed by atoms with Gasteiger partial charge in [0.1, 0.15) is 5.60 Å². The quantitative estimate of drug-likeness (QED) is 0.522. The zero-order valence-electron chi connectivity index (χ0n) is 20.8. The van der Waals surface area contributed by atoms with Crippen LogP contribution >= 0.6 is 0 Å². The van der Waals surface area contributed by atoms with Crippen LogP contribution in [0.2, 0.25) is 0 Å². The lowest BCUT2D eigenvalue weighted by Gasteiger charge is -2.34. The summed E-state index contributed by atoms with van der Waals surface area (Å²) in [4.78, 5) is 32.7. The summed E-state index contributed by atoms with van der Waals surface area (Å²) in [6.45, 7) is 7.56. The van der Waals surface area contributed by atoms with Gasteiger partial charge in [-0.15, -0.1) is 0 Å². The fourth-order valence-electron chi connectivity index (χ4n) is 4.82. The van der Waals surface area contributed by atoms with Crippen molar-refractivity contribution in [2.75, 3.05) is 0 Å². The van der Waals surface area contributed by atoms with Crippen molar-refractivity contribution in [3.8, 4) is 11.3 Å². The molecular formula is C28H32N4O3. The van der Waals surface area contributed by atoms with Gasteiger partial charge >= 0.3 is 6.09 Å². The van der Waals surface area contributed by atoms with Gasteiger partial charge in [-0.05, 0) is 89.1 Å². The van der Waals surface area contributed by atoms with Crippen molar-refractivity contribution in [1.29, 1.82) is 0 Å². The predicted octanol–water partition coefficient (Wildman–Crippen LogP) is 5.20. The normalized spacial score (nSPS) is 17.5. The molecule has 35 heavy (non-hydrogen) atoms. The summed E-state index contributed by atoms with van der Waals surface area (Å²) < 4.78 is 6.77. The molecule has 0 spiro atoms. The van der Waals surface area contributed by atoms with Crippen molar-refractivity contribution < 1.29 is 14.3 Å². The maximum atomic E-state index is 13.6. The van der Waals surface area contributed by atoms with Crippen LogP contribution in [0.25, 0.3) is 11.3 Å². The van der Waals surface area contributed by atoms with Gasteiger partial charge in [0.15, 0.2) is 0 Å². The molecule has 1 atom stereocenters. The average Bonchev–Trinajstić information content (AvgIpc) is 3.55. The van der Waals surface area contributed by atoms with Crippen molar-refractivity contribution >= 4 is 12.0 Å². The summed E-state index contributed by atoms with van der Waals surface area (Å²) in [6.07, 6.45) is 7.45. The van der Waals surface area contributed by atoms with Crippen LogP contribution in [-0.4, -0.2) is 49.3 Å². The molecule has 2 aliphatic rings. The van der Waals surface area contributed by atoms with Crippen molar-refractivity contribution in [2.45, 2.75) is 77.5 Å². The number of nitrogens with zero attached hydrogens (tertiary/aromatic N) is 4. The Morgan fingerprint density at radius 2 is 1.80 bits per heavy atom. The molecule has 1 saturated carbocycles. The maximum absolute atomic E-state index is 13.6. The molecule has 1 amide bonds. The largest absolute Gasteiger partial charge is 0.442 e. The summed E-state index contributed by atoms with van der Waals surface area (Å²) >= 11 is 0. The lowest BCUT2D eigenvalue weighted by molar-refractivity contribution is 0.0513. The van der Waals surface area contributed by atoms with Gasteiger partial charge in [0.25, 0.3) is 5.91 Å². The van der Waals surface area contributed by atoms with Crippen LogP contribution in [-0.2, 0) is 17.6 Å². The number of rotatable bonds is 4. The molecule has 1 unspecified atom stereocenters. The molecule has 2 heterocycles. The fourth-order valence-corrected chi connectivity index (χ4v) is 4.82. The van der Waals surface area contributed by atoms with Crippen LogP contribution in [0.4, 0.5) is 4.79 Å². The van der Waals surface area contributed by atoms with Crippen LogP contribution in [0.3, 0.4) is 0 Å². The minimum atomic E-state index is -0.577. The van der Waals surface area contributed by atoms with Gasteiger partial charge in [-0.3, -0.25) is 9.78 Å². The molecule has 2 aliphatic carbocycles. The molecule has 1 fully saturated rings. The van der Waals surface area contributed by atoms with Gasteiger partial charge in [-0.25, -0.2) is 4.79 Å².